The Morgan fingerprint density at radius 1 is 1.16 bits per heavy atom. The first kappa shape index (κ1) is 23.1. The maximum atomic E-state index is 12.8. The van der Waals surface area contributed by atoms with Crippen molar-refractivity contribution in [2.75, 3.05) is 59.0 Å². The molecule has 32 heavy (non-hydrogen) atoms. The standard InChI is InChI=1S/C24H39N5O3/c30-23(20-5-1-2-6-20)29-13-9-21(19-29)27-24(26-11-8-22-7-3-16-32-22)25-10-4-12-28-14-17-31-18-15-28/h3,7,16,20-21H,1-2,4-6,8-15,17-19H2,(H2,25,26,27). The van der Waals surface area contributed by atoms with Crippen LogP contribution in [0.4, 0.5) is 0 Å². The highest BCUT2D eigenvalue weighted by Crippen LogP contribution is 2.27. The Morgan fingerprint density at radius 2 is 2.00 bits per heavy atom. The molecule has 1 aromatic rings. The first-order valence-electron chi connectivity index (χ1n) is 12.4. The molecule has 1 unspecified atom stereocenters. The smallest absolute Gasteiger partial charge is 0.225 e. The fourth-order valence-corrected chi connectivity index (χ4v) is 4.92. The van der Waals surface area contributed by atoms with Gasteiger partial charge in [-0.1, -0.05) is 12.8 Å². The van der Waals surface area contributed by atoms with Crippen molar-refractivity contribution in [3.63, 3.8) is 0 Å². The summed E-state index contributed by atoms with van der Waals surface area (Å²) in [5.41, 5.74) is 0. The van der Waals surface area contributed by atoms with E-state index in [1.807, 2.05) is 12.1 Å². The van der Waals surface area contributed by atoms with Gasteiger partial charge in [0.15, 0.2) is 5.96 Å². The summed E-state index contributed by atoms with van der Waals surface area (Å²) in [5.74, 6) is 2.44. The number of guanidine groups is 1. The second-order valence-corrected chi connectivity index (χ2v) is 9.19. The Kier molecular flexibility index (Phi) is 8.85. The fraction of sp³-hybridized carbons (Fsp3) is 0.750. The maximum Gasteiger partial charge on any atom is 0.225 e. The molecule has 1 amide bonds. The summed E-state index contributed by atoms with van der Waals surface area (Å²) in [5, 5.41) is 7.06. The molecule has 0 radical (unpaired) electrons. The lowest BCUT2D eigenvalue weighted by Gasteiger charge is -2.26. The average molecular weight is 446 g/mol. The molecule has 3 fully saturated rings. The van der Waals surface area contributed by atoms with E-state index >= 15 is 0 Å². The second kappa shape index (κ2) is 12.3. The number of nitrogens with zero attached hydrogens (tertiary/aromatic N) is 3. The summed E-state index contributed by atoms with van der Waals surface area (Å²) in [6, 6.07) is 4.18. The van der Waals surface area contributed by atoms with Gasteiger partial charge < -0.3 is 24.7 Å². The third-order valence-corrected chi connectivity index (χ3v) is 6.80. The summed E-state index contributed by atoms with van der Waals surface area (Å²) >= 11 is 0. The van der Waals surface area contributed by atoms with Gasteiger partial charge in [0, 0.05) is 64.2 Å². The van der Waals surface area contributed by atoms with Gasteiger partial charge in [0.25, 0.3) is 0 Å². The zero-order valence-electron chi connectivity index (χ0n) is 19.3. The van der Waals surface area contributed by atoms with Crippen LogP contribution in [0.15, 0.2) is 27.8 Å². The number of amides is 1. The summed E-state index contributed by atoms with van der Waals surface area (Å²) < 4.78 is 10.9. The van der Waals surface area contributed by atoms with E-state index < -0.39 is 0 Å². The summed E-state index contributed by atoms with van der Waals surface area (Å²) in [4.78, 5) is 22.1. The number of hydrogen-bond donors (Lipinski definition) is 2. The lowest BCUT2D eigenvalue weighted by Crippen LogP contribution is -2.46. The number of likely N-dealkylation sites (tertiary alicyclic amines) is 1. The van der Waals surface area contributed by atoms with Crippen LogP contribution in [0.1, 0.15) is 44.3 Å². The number of furan rings is 1. The SMILES string of the molecule is O=C(C1CCCC1)N1CCC(NC(=NCCCN2CCOCC2)NCCc2ccco2)C1. The van der Waals surface area contributed by atoms with Crippen LogP contribution >= 0.6 is 0 Å². The van der Waals surface area contributed by atoms with Gasteiger partial charge in [-0.3, -0.25) is 14.7 Å². The van der Waals surface area contributed by atoms with Gasteiger partial charge in [-0.15, -0.1) is 0 Å². The van der Waals surface area contributed by atoms with Crippen LogP contribution in [0.3, 0.4) is 0 Å². The Labute approximate surface area is 191 Å². The van der Waals surface area contributed by atoms with Crippen LogP contribution in [-0.2, 0) is 16.0 Å². The van der Waals surface area contributed by atoms with Gasteiger partial charge in [-0.2, -0.15) is 0 Å². The zero-order valence-corrected chi connectivity index (χ0v) is 19.3. The zero-order chi connectivity index (χ0) is 22.0. The molecule has 1 aromatic heterocycles. The number of morpholine rings is 1. The Hall–Kier alpha value is -2.06. The Morgan fingerprint density at radius 3 is 2.78 bits per heavy atom. The minimum Gasteiger partial charge on any atom is -0.469 e. The van der Waals surface area contributed by atoms with Gasteiger partial charge in [0.1, 0.15) is 5.76 Å². The number of carbonyl (C=O) groups is 1. The molecule has 1 aliphatic carbocycles. The third-order valence-electron chi connectivity index (χ3n) is 6.80. The van der Waals surface area contributed by atoms with Gasteiger partial charge in [0.05, 0.1) is 19.5 Å². The van der Waals surface area contributed by atoms with E-state index in [4.69, 9.17) is 14.1 Å². The minimum absolute atomic E-state index is 0.258. The van der Waals surface area contributed by atoms with Crippen molar-refractivity contribution in [3.8, 4) is 0 Å². The fourth-order valence-electron chi connectivity index (χ4n) is 4.92. The number of rotatable bonds is 9. The highest BCUT2D eigenvalue weighted by Gasteiger charge is 2.32. The number of aliphatic imine (C=N–C) groups is 1. The molecule has 2 saturated heterocycles. The molecular weight excluding hydrogens is 406 g/mol. The molecule has 0 aromatic carbocycles. The van der Waals surface area contributed by atoms with Gasteiger partial charge in [-0.25, -0.2) is 0 Å². The van der Waals surface area contributed by atoms with Crippen LogP contribution in [0, 0.1) is 5.92 Å². The Balaban J connectivity index is 1.25. The second-order valence-electron chi connectivity index (χ2n) is 9.19. The quantitative estimate of drug-likeness (QED) is 0.343. The van der Waals surface area contributed by atoms with Crippen molar-refractivity contribution in [1.82, 2.24) is 20.4 Å². The summed E-state index contributed by atoms with van der Waals surface area (Å²) in [7, 11) is 0. The predicted octanol–water partition coefficient (Wildman–Crippen LogP) is 1.87. The molecule has 0 spiro atoms. The molecule has 1 atom stereocenters. The maximum absolute atomic E-state index is 12.8. The summed E-state index contributed by atoms with van der Waals surface area (Å²) in [6.07, 6.45) is 9.07. The number of hydrogen-bond acceptors (Lipinski definition) is 5. The van der Waals surface area contributed by atoms with Gasteiger partial charge >= 0.3 is 0 Å². The molecule has 0 bridgehead atoms. The van der Waals surface area contributed by atoms with E-state index in [-0.39, 0.29) is 12.0 Å². The van der Waals surface area contributed by atoms with Crippen LogP contribution < -0.4 is 10.6 Å². The van der Waals surface area contributed by atoms with E-state index in [2.05, 4.69) is 20.4 Å². The van der Waals surface area contributed by atoms with Crippen molar-refractivity contribution >= 4 is 11.9 Å². The number of carbonyl (C=O) groups excluding carboxylic acids is 1. The molecule has 1 saturated carbocycles. The third kappa shape index (κ3) is 6.97. The van der Waals surface area contributed by atoms with Crippen molar-refractivity contribution < 1.29 is 13.9 Å². The van der Waals surface area contributed by atoms with Crippen molar-refractivity contribution in [1.29, 1.82) is 0 Å². The average Bonchev–Trinajstić information content (AvgIpc) is 3.60. The largest absolute Gasteiger partial charge is 0.469 e. The molecule has 3 aliphatic rings. The molecular formula is C24H39N5O3. The van der Waals surface area contributed by atoms with Crippen molar-refractivity contribution in [3.05, 3.63) is 24.2 Å². The van der Waals surface area contributed by atoms with E-state index in [0.29, 0.717) is 5.91 Å². The van der Waals surface area contributed by atoms with Gasteiger partial charge in [-0.05, 0) is 37.8 Å². The van der Waals surface area contributed by atoms with Crippen molar-refractivity contribution in [2.45, 2.75) is 51.0 Å². The van der Waals surface area contributed by atoms with E-state index in [1.165, 1.54) is 12.8 Å². The van der Waals surface area contributed by atoms with E-state index in [9.17, 15) is 4.79 Å². The van der Waals surface area contributed by atoms with Crippen LogP contribution in [0.2, 0.25) is 0 Å². The first-order chi connectivity index (χ1) is 15.8. The van der Waals surface area contributed by atoms with Gasteiger partial charge in [0.2, 0.25) is 5.91 Å². The monoisotopic (exact) mass is 445 g/mol. The lowest BCUT2D eigenvalue weighted by atomic mass is 10.1. The van der Waals surface area contributed by atoms with Crippen LogP contribution in [0.25, 0.3) is 0 Å². The molecule has 2 aliphatic heterocycles. The molecule has 178 valence electrons. The number of ether oxygens (including phenoxy) is 1. The highest BCUT2D eigenvalue weighted by molar-refractivity contribution is 5.81. The molecule has 8 nitrogen and oxygen atoms in total. The Bertz CT molecular complexity index is 711. The summed E-state index contributed by atoms with van der Waals surface area (Å²) in [6.45, 7) is 7.94. The van der Waals surface area contributed by atoms with Crippen molar-refractivity contribution in [2.24, 2.45) is 10.9 Å². The number of nitrogens with one attached hydrogen (secondary N) is 2. The highest BCUT2D eigenvalue weighted by atomic mass is 16.5. The predicted molar refractivity (Wildman–Crippen MR) is 125 cm³/mol. The van der Waals surface area contributed by atoms with E-state index in [1.54, 1.807) is 6.26 Å². The lowest BCUT2D eigenvalue weighted by molar-refractivity contribution is -0.134. The molecule has 2 N–H and O–H groups in total. The molecule has 4 rings (SSSR count). The molecule has 3 heterocycles. The molecule has 8 heteroatoms. The topological polar surface area (TPSA) is 82.3 Å². The minimum atomic E-state index is 0.258. The van der Waals surface area contributed by atoms with Crippen LogP contribution in [0.5, 0.6) is 0 Å². The first-order valence-corrected chi connectivity index (χ1v) is 12.4. The van der Waals surface area contributed by atoms with E-state index in [0.717, 1.165) is 103 Å². The van der Waals surface area contributed by atoms with Crippen LogP contribution in [-0.4, -0.2) is 86.7 Å². The normalized spacial score (nSPS) is 23.1.